The number of nitrogens with zero attached hydrogens (tertiary/aromatic N) is 2. The van der Waals surface area contributed by atoms with Crippen molar-refractivity contribution in [3.8, 4) is 17.6 Å². The minimum atomic E-state index is 0.253. The van der Waals surface area contributed by atoms with Gasteiger partial charge in [0.25, 0.3) is 0 Å². The van der Waals surface area contributed by atoms with Crippen LogP contribution in [0.2, 0.25) is 0 Å². The lowest BCUT2D eigenvalue weighted by atomic mass is 10.00. The molecule has 4 nitrogen and oxygen atoms in total. The third kappa shape index (κ3) is 2.99. The van der Waals surface area contributed by atoms with Gasteiger partial charge in [0.05, 0.1) is 19.7 Å². The maximum atomic E-state index is 8.93. The number of ether oxygens (including phenoxy) is 2. The van der Waals surface area contributed by atoms with Crippen molar-refractivity contribution in [3.63, 3.8) is 0 Å². The van der Waals surface area contributed by atoms with Crippen LogP contribution in [0, 0.1) is 11.3 Å². The van der Waals surface area contributed by atoms with Gasteiger partial charge in [0.2, 0.25) is 0 Å². The van der Waals surface area contributed by atoms with Crippen molar-refractivity contribution in [3.05, 3.63) is 23.8 Å². The van der Waals surface area contributed by atoms with Gasteiger partial charge in [-0.2, -0.15) is 5.26 Å². The molecule has 0 saturated carbocycles. The van der Waals surface area contributed by atoms with E-state index in [1.807, 2.05) is 18.2 Å². The summed E-state index contributed by atoms with van der Waals surface area (Å²) in [5.74, 6) is 1.78. The van der Waals surface area contributed by atoms with Crippen molar-refractivity contribution in [2.75, 3.05) is 26.8 Å². The maximum Gasteiger partial charge on any atom is 0.126 e. The molecule has 1 aliphatic heterocycles. The van der Waals surface area contributed by atoms with Crippen molar-refractivity contribution < 1.29 is 9.47 Å². The first-order valence-electron chi connectivity index (χ1n) is 6.69. The van der Waals surface area contributed by atoms with Crippen LogP contribution in [-0.4, -0.2) is 37.7 Å². The van der Waals surface area contributed by atoms with Gasteiger partial charge in [0, 0.05) is 11.6 Å². The fourth-order valence-corrected chi connectivity index (χ4v) is 2.56. The number of rotatable bonds is 5. The molecule has 0 N–H and O–H groups in total. The van der Waals surface area contributed by atoms with Crippen LogP contribution >= 0.6 is 0 Å². The minimum Gasteiger partial charge on any atom is -0.496 e. The van der Waals surface area contributed by atoms with Crippen LogP contribution in [0.4, 0.5) is 0 Å². The van der Waals surface area contributed by atoms with Crippen molar-refractivity contribution in [1.82, 2.24) is 4.90 Å². The van der Waals surface area contributed by atoms with Gasteiger partial charge < -0.3 is 9.47 Å². The Kier molecular flexibility index (Phi) is 4.64. The molecule has 0 fully saturated rings. The van der Waals surface area contributed by atoms with E-state index in [-0.39, 0.29) is 6.04 Å². The van der Waals surface area contributed by atoms with Gasteiger partial charge in [0.1, 0.15) is 18.1 Å². The fraction of sp³-hybridized carbons (Fsp3) is 0.533. The first-order valence-corrected chi connectivity index (χ1v) is 6.69. The Balaban J connectivity index is 2.18. The smallest absolute Gasteiger partial charge is 0.126 e. The van der Waals surface area contributed by atoms with Crippen LogP contribution < -0.4 is 9.47 Å². The van der Waals surface area contributed by atoms with Crippen LogP contribution in [0.15, 0.2) is 18.2 Å². The number of nitriles is 1. The van der Waals surface area contributed by atoms with E-state index in [4.69, 9.17) is 14.7 Å². The molecule has 1 unspecified atom stereocenters. The van der Waals surface area contributed by atoms with Crippen molar-refractivity contribution in [2.24, 2.45) is 0 Å². The van der Waals surface area contributed by atoms with E-state index < -0.39 is 0 Å². The van der Waals surface area contributed by atoms with E-state index in [1.165, 1.54) is 0 Å². The normalized spacial score (nSPS) is 17.5. The highest BCUT2D eigenvalue weighted by Gasteiger charge is 2.26. The Morgan fingerprint density at radius 2 is 2.37 bits per heavy atom. The molecule has 1 aromatic rings. The lowest BCUT2D eigenvalue weighted by molar-refractivity contribution is 0.130. The SMILES string of the molecule is CCCN(CC#N)C1COc2cccc(OC)c2C1. The second kappa shape index (κ2) is 6.44. The number of benzene rings is 1. The number of hydrogen-bond donors (Lipinski definition) is 0. The molecular weight excluding hydrogens is 240 g/mol. The zero-order valence-corrected chi connectivity index (χ0v) is 11.6. The molecule has 0 bridgehead atoms. The molecule has 0 saturated heterocycles. The molecule has 4 heteroatoms. The summed E-state index contributed by atoms with van der Waals surface area (Å²) in [5.41, 5.74) is 1.11. The summed E-state index contributed by atoms with van der Waals surface area (Å²) >= 11 is 0. The van der Waals surface area contributed by atoms with Crippen LogP contribution in [0.25, 0.3) is 0 Å². The topological polar surface area (TPSA) is 45.5 Å². The van der Waals surface area contributed by atoms with Gasteiger partial charge in [-0.1, -0.05) is 13.0 Å². The predicted octanol–water partition coefficient (Wildman–Crippen LogP) is 2.23. The molecule has 0 aromatic heterocycles. The predicted molar refractivity (Wildman–Crippen MR) is 73.5 cm³/mol. The lowest BCUT2D eigenvalue weighted by Gasteiger charge is -2.34. The van der Waals surface area contributed by atoms with Crippen molar-refractivity contribution in [1.29, 1.82) is 5.26 Å². The number of methoxy groups -OCH3 is 1. The largest absolute Gasteiger partial charge is 0.496 e. The van der Waals surface area contributed by atoms with Crippen molar-refractivity contribution >= 4 is 0 Å². The second-order valence-electron chi connectivity index (χ2n) is 4.73. The minimum absolute atomic E-state index is 0.253. The Bertz CT molecular complexity index is 453. The van der Waals surface area contributed by atoms with Crippen LogP contribution in [0.1, 0.15) is 18.9 Å². The molecule has 1 heterocycles. The van der Waals surface area contributed by atoms with E-state index >= 15 is 0 Å². The monoisotopic (exact) mass is 260 g/mol. The quantitative estimate of drug-likeness (QED) is 0.762. The van der Waals surface area contributed by atoms with Crippen molar-refractivity contribution in [2.45, 2.75) is 25.8 Å². The molecule has 1 aromatic carbocycles. The Hall–Kier alpha value is -1.73. The zero-order chi connectivity index (χ0) is 13.7. The van der Waals surface area contributed by atoms with E-state index in [1.54, 1.807) is 7.11 Å². The molecule has 0 spiro atoms. The highest BCUT2D eigenvalue weighted by molar-refractivity contribution is 5.46. The standard InChI is InChI=1S/C15H20N2O2/c1-3-8-17(9-7-16)12-10-13-14(18-2)5-4-6-15(13)19-11-12/h4-6,12H,3,8-11H2,1-2H3. The Morgan fingerprint density at radius 3 is 3.05 bits per heavy atom. The molecular formula is C15H20N2O2. The summed E-state index contributed by atoms with van der Waals surface area (Å²) in [7, 11) is 1.68. The molecule has 19 heavy (non-hydrogen) atoms. The maximum absolute atomic E-state index is 8.93. The average molecular weight is 260 g/mol. The van der Waals surface area contributed by atoms with Crippen LogP contribution in [0.3, 0.4) is 0 Å². The molecule has 1 aliphatic rings. The first-order chi connectivity index (χ1) is 9.30. The zero-order valence-electron chi connectivity index (χ0n) is 11.6. The van der Waals surface area contributed by atoms with E-state index in [2.05, 4.69) is 17.9 Å². The summed E-state index contributed by atoms with van der Waals surface area (Å²) in [5, 5.41) is 8.93. The molecule has 0 radical (unpaired) electrons. The lowest BCUT2D eigenvalue weighted by Crippen LogP contribution is -2.43. The van der Waals surface area contributed by atoms with E-state index in [0.29, 0.717) is 13.2 Å². The summed E-state index contributed by atoms with van der Waals surface area (Å²) in [4.78, 5) is 2.19. The average Bonchev–Trinajstić information content (AvgIpc) is 2.46. The third-order valence-electron chi connectivity index (χ3n) is 3.48. The second-order valence-corrected chi connectivity index (χ2v) is 4.73. The van der Waals surface area contributed by atoms with Gasteiger partial charge >= 0.3 is 0 Å². The molecule has 0 amide bonds. The number of hydrogen-bond acceptors (Lipinski definition) is 4. The van der Waals surface area contributed by atoms with Gasteiger partial charge in [-0.15, -0.1) is 0 Å². The Morgan fingerprint density at radius 1 is 1.53 bits per heavy atom. The molecule has 1 atom stereocenters. The van der Waals surface area contributed by atoms with E-state index in [9.17, 15) is 0 Å². The summed E-state index contributed by atoms with van der Waals surface area (Å²) in [6, 6.07) is 8.37. The molecule has 0 aliphatic carbocycles. The number of fused-ring (bicyclic) bond motifs is 1. The molecule has 102 valence electrons. The first kappa shape index (κ1) is 13.7. The highest BCUT2D eigenvalue weighted by Crippen LogP contribution is 2.33. The summed E-state index contributed by atoms with van der Waals surface area (Å²) < 4.78 is 11.2. The van der Waals surface area contributed by atoms with Gasteiger partial charge in [-0.05, 0) is 31.5 Å². The van der Waals surface area contributed by atoms with E-state index in [0.717, 1.165) is 36.4 Å². The summed E-state index contributed by atoms with van der Waals surface area (Å²) in [6.07, 6.45) is 1.91. The Labute approximate surface area is 114 Å². The van der Waals surface area contributed by atoms with Crippen LogP contribution in [-0.2, 0) is 6.42 Å². The van der Waals surface area contributed by atoms with Gasteiger partial charge in [0.15, 0.2) is 0 Å². The van der Waals surface area contributed by atoms with Gasteiger partial charge in [-0.3, -0.25) is 4.90 Å². The van der Waals surface area contributed by atoms with Gasteiger partial charge in [-0.25, -0.2) is 0 Å². The third-order valence-corrected chi connectivity index (χ3v) is 3.48. The highest BCUT2D eigenvalue weighted by atomic mass is 16.5. The summed E-state index contributed by atoms with van der Waals surface area (Å²) in [6.45, 7) is 4.14. The van der Waals surface area contributed by atoms with Crippen LogP contribution in [0.5, 0.6) is 11.5 Å². The molecule has 2 rings (SSSR count). The fourth-order valence-electron chi connectivity index (χ4n) is 2.56.